The molecular formula is C18H18N2O2S. The number of benzene rings is 1. The van der Waals surface area contributed by atoms with E-state index in [0.29, 0.717) is 0 Å². The van der Waals surface area contributed by atoms with Crippen LogP contribution >= 0.6 is 11.3 Å². The van der Waals surface area contributed by atoms with Crippen LogP contribution in [0.2, 0.25) is 0 Å². The number of fused-ring (bicyclic) bond motifs is 1. The molecule has 0 bridgehead atoms. The zero-order chi connectivity index (χ0) is 15.6. The van der Waals surface area contributed by atoms with E-state index >= 15 is 0 Å². The summed E-state index contributed by atoms with van der Waals surface area (Å²) >= 11 is 1.57. The van der Waals surface area contributed by atoms with Crippen molar-refractivity contribution < 1.29 is 9.21 Å². The van der Waals surface area contributed by atoms with Gasteiger partial charge in [0.25, 0.3) is 5.91 Å². The van der Waals surface area contributed by atoms with Crippen LogP contribution in [0.5, 0.6) is 0 Å². The number of amides is 1. The molecule has 1 amide bonds. The van der Waals surface area contributed by atoms with Crippen molar-refractivity contribution in [1.82, 2.24) is 9.88 Å². The molecule has 4 nitrogen and oxygen atoms in total. The van der Waals surface area contributed by atoms with Gasteiger partial charge in [-0.2, -0.15) is 0 Å². The second-order valence-corrected chi connectivity index (χ2v) is 6.80. The number of carbonyl (C=O) groups is 1. The molecular weight excluding hydrogens is 308 g/mol. The van der Waals surface area contributed by atoms with Crippen LogP contribution in [-0.4, -0.2) is 22.3 Å². The summed E-state index contributed by atoms with van der Waals surface area (Å²) in [6.45, 7) is 0.783. The number of hydrogen-bond acceptors (Lipinski definition) is 4. The highest BCUT2D eigenvalue weighted by Crippen LogP contribution is 2.32. The SMILES string of the molecule is O=C(c1ccc2ncsc2c1)N1CCCCC[C@@H]1c1ccco1. The molecule has 4 rings (SSSR count). The summed E-state index contributed by atoms with van der Waals surface area (Å²) in [4.78, 5) is 19.4. The van der Waals surface area contributed by atoms with E-state index in [0.717, 1.165) is 53.8 Å². The highest BCUT2D eigenvalue weighted by atomic mass is 32.1. The number of nitrogens with zero attached hydrogens (tertiary/aromatic N) is 2. The van der Waals surface area contributed by atoms with Gasteiger partial charge in [-0.25, -0.2) is 4.98 Å². The second-order valence-electron chi connectivity index (χ2n) is 5.91. The van der Waals surface area contributed by atoms with Crippen LogP contribution in [-0.2, 0) is 0 Å². The molecule has 1 atom stereocenters. The van der Waals surface area contributed by atoms with Crippen LogP contribution in [0.4, 0.5) is 0 Å². The maximum Gasteiger partial charge on any atom is 0.254 e. The number of carbonyl (C=O) groups excluding carboxylic acids is 1. The van der Waals surface area contributed by atoms with Gasteiger partial charge in [-0.3, -0.25) is 4.79 Å². The summed E-state index contributed by atoms with van der Waals surface area (Å²) in [5, 5.41) is 0. The Bertz CT molecular complexity index is 809. The Balaban J connectivity index is 1.68. The van der Waals surface area contributed by atoms with Crippen molar-refractivity contribution in [2.24, 2.45) is 0 Å². The molecule has 23 heavy (non-hydrogen) atoms. The van der Waals surface area contributed by atoms with Crippen molar-refractivity contribution in [3.05, 3.63) is 53.4 Å². The lowest BCUT2D eigenvalue weighted by Crippen LogP contribution is -2.34. The fourth-order valence-corrected chi connectivity index (χ4v) is 4.00. The summed E-state index contributed by atoms with van der Waals surface area (Å²) in [5.41, 5.74) is 3.50. The van der Waals surface area contributed by atoms with E-state index < -0.39 is 0 Å². The lowest BCUT2D eigenvalue weighted by molar-refractivity contribution is 0.0658. The number of thiazole rings is 1. The van der Waals surface area contributed by atoms with Gasteiger partial charge in [0.05, 0.1) is 28.0 Å². The predicted octanol–water partition coefficient (Wildman–Crippen LogP) is 4.65. The lowest BCUT2D eigenvalue weighted by atomic mass is 10.1. The van der Waals surface area contributed by atoms with Crippen LogP contribution in [0.25, 0.3) is 10.2 Å². The molecule has 0 radical (unpaired) electrons. The molecule has 0 N–H and O–H groups in total. The summed E-state index contributed by atoms with van der Waals surface area (Å²) in [5.74, 6) is 0.975. The maximum absolute atomic E-state index is 13.1. The van der Waals surface area contributed by atoms with Gasteiger partial charge < -0.3 is 9.32 Å². The average Bonchev–Trinajstić information content (AvgIpc) is 3.21. The van der Waals surface area contributed by atoms with Crippen molar-refractivity contribution in [2.45, 2.75) is 31.7 Å². The third-order valence-electron chi connectivity index (χ3n) is 4.46. The Morgan fingerprint density at radius 3 is 3.09 bits per heavy atom. The minimum absolute atomic E-state index is 0.0390. The molecule has 3 aromatic rings. The molecule has 3 heterocycles. The molecule has 1 aliphatic rings. The molecule has 0 spiro atoms. The van der Waals surface area contributed by atoms with E-state index in [-0.39, 0.29) is 11.9 Å². The van der Waals surface area contributed by atoms with E-state index in [4.69, 9.17) is 4.42 Å². The van der Waals surface area contributed by atoms with Crippen LogP contribution in [0.15, 0.2) is 46.5 Å². The zero-order valence-electron chi connectivity index (χ0n) is 12.8. The van der Waals surface area contributed by atoms with Crippen molar-refractivity contribution in [1.29, 1.82) is 0 Å². The summed E-state index contributed by atoms with van der Waals surface area (Å²) in [7, 11) is 0. The molecule has 1 aliphatic heterocycles. The molecule has 0 saturated carbocycles. The van der Waals surface area contributed by atoms with Gasteiger partial charge in [0.2, 0.25) is 0 Å². The van der Waals surface area contributed by atoms with Crippen LogP contribution < -0.4 is 0 Å². The van der Waals surface area contributed by atoms with Gasteiger partial charge in [-0.15, -0.1) is 11.3 Å². The smallest absolute Gasteiger partial charge is 0.254 e. The van der Waals surface area contributed by atoms with E-state index in [9.17, 15) is 4.79 Å². The van der Waals surface area contributed by atoms with Crippen molar-refractivity contribution in [3.8, 4) is 0 Å². The Morgan fingerprint density at radius 2 is 2.22 bits per heavy atom. The number of hydrogen-bond donors (Lipinski definition) is 0. The Morgan fingerprint density at radius 1 is 1.26 bits per heavy atom. The molecule has 1 saturated heterocycles. The average molecular weight is 326 g/mol. The second kappa shape index (κ2) is 6.16. The van der Waals surface area contributed by atoms with Crippen LogP contribution in [0.1, 0.15) is 47.8 Å². The first kappa shape index (κ1) is 14.5. The van der Waals surface area contributed by atoms with E-state index in [1.165, 1.54) is 0 Å². The first-order valence-electron chi connectivity index (χ1n) is 8.00. The molecule has 118 valence electrons. The minimum Gasteiger partial charge on any atom is -0.467 e. The molecule has 1 fully saturated rings. The Hall–Kier alpha value is -2.14. The van der Waals surface area contributed by atoms with E-state index in [1.54, 1.807) is 17.6 Å². The topological polar surface area (TPSA) is 46.3 Å². The van der Waals surface area contributed by atoms with Gasteiger partial charge in [-0.1, -0.05) is 12.8 Å². The first-order valence-corrected chi connectivity index (χ1v) is 8.88. The molecule has 0 unspecified atom stereocenters. The third kappa shape index (κ3) is 2.77. The van der Waals surface area contributed by atoms with Gasteiger partial charge >= 0.3 is 0 Å². The standard InChI is InChI=1S/C18H18N2O2S/c21-18(13-7-8-14-17(11-13)23-12-19-14)20-9-3-1-2-5-15(20)16-6-4-10-22-16/h4,6-8,10-12,15H,1-3,5,9H2/t15-/m1/s1. The normalized spacial score (nSPS) is 19.0. The van der Waals surface area contributed by atoms with Gasteiger partial charge in [0, 0.05) is 12.1 Å². The van der Waals surface area contributed by atoms with Crippen LogP contribution in [0.3, 0.4) is 0 Å². The number of furan rings is 1. The largest absolute Gasteiger partial charge is 0.467 e. The fourth-order valence-electron chi connectivity index (χ4n) is 3.28. The van der Waals surface area contributed by atoms with Crippen molar-refractivity contribution in [2.75, 3.05) is 6.54 Å². The molecule has 1 aromatic carbocycles. The summed E-state index contributed by atoms with van der Waals surface area (Å²) < 4.78 is 6.66. The fraction of sp³-hybridized carbons (Fsp3) is 0.333. The van der Waals surface area contributed by atoms with E-state index in [2.05, 4.69) is 4.98 Å². The molecule has 2 aromatic heterocycles. The van der Waals surface area contributed by atoms with Gasteiger partial charge in [-0.05, 0) is 43.2 Å². The monoisotopic (exact) mass is 326 g/mol. The van der Waals surface area contributed by atoms with Crippen molar-refractivity contribution >= 4 is 27.5 Å². The Kier molecular flexibility index (Phi) is 3.87. The van der Waals surface area contributed by atoms with E-state index in [1.807, 2.05) is 40.7 Å². The zero-order valence-corrected chi connectivity index (χ0v) is 13.6. The third-order valence-corrected chi connectivity index (χ3v) is 5.26. The highest BCUT2D eigenvalue weighted by molar-refractivity contribution is 7.16. The predicted molar refractivity (Wildman–Crippen MR) is 90.6 cm³/mol. The molecule has 5 heteroatoms. The minimum atomic E-state index is 0.0390. The number of rotatable bonds is 2. The van der Waals surface area contributed by atoms with Gasteiger partial charge in [0.1, 0.15) is 5.76 Å². The quantitative estimate of drug-likeness (QED) is 0.689. The van der Waals surface area contributed by atoms with Crippen LogP contribution in [0, 0.1) is 0 Å². The summed E-state index contributed by atoms with van der Waals surface area (Å²) in [6, 6.07) is 9.68. The maximum atomic E-state index is 13.1. The number of aromatic nitrogens is 1. The number of likely N-dealkylation sites (tertiary alicyclic amines) is 1. The van der Waals surface area contributed by atoms with Gasteiger partial charge in [0.15, 0.2) is 0 Å². The lowest BCUT2D eigenvalue weighted by Gasteiger charge is -2.28. The Labute approximate surface area is 138 Å². The molecule has 0 aliphatic carbocycles. The summed E-state index contributed by atoms with van der Waals surface area (Å²) in [6.07, 6.45) is 5.98. The van der Waals surface area contributed by atoms with Crippen molar-refractivity contribution in [3.63, 3.8) is 0 Å². The highest BCUT2D eigenvalue weighted by Gasteiger charge is 2.29. The first-order chi connectivity index (χ1) is 11.3.